The maximum Gasteiger partial charge on any atom is 0.336 e. The van der Waals surface area contributed by atoms with Crippen molar-refractivity contribution in [3.05, 3.63) is 98.7 Å². The number of anilines is 1. The van der Waals surface area contributed by atoms with Crippen LogP contribution in [0.25, 0.3) is 27.8 Å². The molecule has 0 saturated heterocycles. The number of para-hydroxylation sites is 3. The molecule has 8 nitrogen and oxygen atoms in total. The van der Waals surface area contributed by atoms with E-state index in [4.69, 9.17) is 20.8 Å². The van der Waals surface area contributed by atoms with Crippen LogP contribution >= 0.6 is 11.6 Å². The van der Waals surface area contributed by atoms with Crippen LogP contribution in [0.5, 0.6) is 5.75 Å². The molecule has 35 heavy (non-hydrogen) atoms. The lowest BCUT2D eigenvalue weighted by Crippen LogP contribution is -2.40. The smallest absolute Gasteiger partial charge is 0.336 e. The monoisotopic (exact) mass is 489 g/mol. The highest BCUT2D eigenvalue weighted by Gasteiger charge is 2.22. The van der Waals surface area contributed by atoms with Gasteiger partial charge in [0.1, 0.15) is 23.4 Å². The van der Waals surface area contributed by atoms with Gasteiger partial charge in [-0.25, -0.2) is 9.36 Å². The van der Waals surface area contributed by atoms with Crippen molar-refractivity contribution in [1.29, 1.82) is 0 Å². The first-order valence-corrected chi connectivity index (χ1v) is 11.3. The summed E-state index contributed by atoms with van der Waals surface area (Å²) in [6, 6.07) is 20.3. The van der Waals surface area contributed by atoms with E-state index in [-0.39, 0.29) is 17.6 Å². The van der Waals surface area contributed by atoms with Crippen molar-refractivity contribution in [2.24, 2.45) is 0 Å². The van der Waals surface area contributed by atoms with E-state index < -0.39 is 17.2 Å². The van der Waals surface area contributed by atoms with Gasteiger partial charge in [-0.05, 0) is 55.5 Å². The molecular weight excluding hydrogens is 470 g/mol. The number of carbonyl (C=O) groups is 1. The Hall–Kier alpha value is -4.30. The van der Waals surface area contributed by atoms with Crippen LogP contribution < -0.4 is 21.3 Å². The molecule has 5 aromatic rings. The zero-order chi connectivity index (χ0) is 24.5. The quantitative estimate of drug-likeness (QED) is 0.376. The lowest BCUT2D eigenvalue weighted by atomic mass is 10.2. The normalized spacial score (nSPS) is 11.1. The van der Waals surface area contributed by atoms with Crippen LogP contribution in [0.15, 0.2) is 86.8 Å². The molecule has 0 bridgehead atoms. The largest absolute Gasteiger partial charge is 0.492 e. The SMILES string of the molecule is CCOc1ccccc1NC(=O)Cn1c(=O)n(-c2ccc(Cl)cc2)c(=O)c2oc3ccccc3c21. The average Bonchev–Trinajstić information content (AvgIpc) is 3.24. The number of amides is 1. The van der Waals surface area contributed by atoms with Crippen LogP contribution in [-0.2, 0) is 11.3 Å². The zero-order valence-corrected chi connectivity index (χ0v) is 19.4. The van der Waals surface area contributed by atoms with Crippen molar-refractivity contribution in [2.45, 2.75) is 13.5 Å². The second-order valence-corrected chi connectivity index (χ2v) is 8.18. The first-order valence-electron chi connectivity index (χ1n) is 10.9. The van der Waals surface area contributed by atoms with Crippen molar-refractivity contribution in [3.63, 3.8) is 0 Å². The van der Waals surface area contributed by atoms with Gasteiger partial charge in [0.05, 0.1) is 18.0 Å². The maximum absolute atomic E-state index is 13.6. The summed E-state index contributed by atoms with van der Waals surface area (Å²) in [4.78, 5) is 40.1. The number of hydrogen-bond donors (Lipinski definition) is 1. The first-order chi connectivity index (χ1) is 17.0. The van der Waals surface area contributed by atoms with E-state index in [1.165, 1.54) is 4.57 Å². The Balaban J connectivity index is 1.68. The first kappa shape index (κ1) is 22.5. The Morgan fingerprint density at radius 3 is 2.49 bits per heavy atom. The summed E-state index contributed by atoms with van der Waals surface area (Å²) < 4.78 is 13.6. The van der Waals surface area contributed by atoms with Gasteiger partial charge in [0, 0.05) is 10.4 Å². The molecule has 0 unspecified atom stereocenters. The van der Waals surface area contributed by atoms with Gasteiger partial charge >= 0.3 is 11.2 Å². The fraction of sp³-hybridized carbons (Fsp3) is 0.115. The molecule has 0 radical (unpaired) electrons. The Labute approximate surface area is 203 Å². The molecule has 1 N–H and O–H groups in total. The Morgan fingerprint density at radius 1 is 1.00 bits per heavy atom. The van der Waals surface area contributed by atoms with E-state index in [0.717, 1.165) is 4.57 Å². The van der Waals surface area contributed by atoms with E-state index in [9.17, 15) is 14.4 Å². The van der Waals surface area contributed by atoms with Gasteiger partial charge in [0.15, 0.2) is 0 Å². The molecule has 2 aromatic heterocycles. The Bertz CT molecular complexity index is 1680. The topological polar surface area (TPSA) is 95.5 Å². The van der Waals surface area contributed by atoms with Crippen molar-refractivity contribution < 1.29 is 13.9 Å². The molecule has 0 aliphatic rings. The van der Waals surface area contributed by atoms with E-state index in [1.807, 2.05) is 6.92 Å². The summed E-state index contributed by atoms with van der Waals surface area (Å²) in [5, 5.41) is 3.81. The molecule has 0 saturated carbocycles. The van der Waals surface area contributed by atoms with Crippen LogP contribution in [0.3, 0.4) is 0 Å². The standard InChI is InChI=1S/C26H20ClN3O5/c1-2-34-21-10-6-4-8-19(21)28-22(31)15-29-23-18-7-3-5-9-20(18)35-24(23)25(32)30(26(29)33)17-13-11-16(27)12-14-17/h3-14H,2,15H2,1H3,(H,28,31). The summed E-state index contributed by atoms with van der Waals surface area (Å²) in [6.45, 7) is 1.92. The van der Waals surface area contributed by atoms with Crippen molar-refractivity contribution >= 4 is 45.3 Å². The van der Waals surface area contributed by atoms with Gasteiger partial charge in [-0.15, -0.1) is 0 Å². The predicted octanol–water partition coefficient (Wildman–Crippen LogP) is 4.59. The van der Waals surface area contributed by atoms with E-state index >= 15 is 0 Å². The van der Waals surface area contributed by atoms with Gasteiger partial charge < -0.3 is 14.5 Å². The molecule has 0 aliphatic carbocycles. The highest BCUT2D eigenvalue weighted by atomic mass is 35.5. The highest BCUT2D eigenvalue weighted by Crippen LogP contribution is 2.27. The molecule has 2 heterocycles. The molecule has 0 spiro atoms. The summed E-state index contributed by atoms with van der Waals surface area (Å²) in [5.41, 5.74) is 0.154. The van der Waals surface area contributed by atoms with Gasteiger partial charge in [-0.3, -0.25) is 14.2 Å². The van der Waals surface area contributed by atoms with E-state index in [1.54, 1.807) is 72.8 Å². The molecule has 0 fully saturated rings. The van der Waals surface area contributed by atoms with Crippen LogP contribution in [-0.4, -0.2) is 21.6 Å². The number of benzene rings is 3. The minimum absolute atomic E-state index is 0.0248. The predicted molar refractivity (Wildman–Crippen MR) is 135 cm³/mol. The van der Waals surface area contributed by atoms with Gasteiger partial charge in [0.2, 0.25) is 11.5 Å². The van der Waals surface area contributed by atoms with Crippen molar-refractivity contribution in [3.8, 4) is 11.4 Å². The van der Waals surface area contributed by atoms with Crippen LogP contribution in [0, 0.1) is 0 Å². The number of aromatic nitrogens is 2. The third-order valence-corrected chi connectivity index (χ3v) is 5.76. The number of nitrogens with one attached hydrogen (secondary N) is 1. The fourth-order valence-corrected chi connectivity index (χ4v) is 4.12. The zero-order valence-electron chi connectivity index (χ0n) is 18.7. The van der Waals surface area contributed by atoms with E-state index in [0.29, 0.717) is 39.7 Å². The Kier molecular flexibility index (Phi) is 5.88. The highest BCUT2D eigenvalue weighted by molar-refractivity contribution is 6.30. The van der Waals surface area contributed by atoms with Crippen LogP contribution in [0.4, 0.5) is 5.69 Å². The molecule has 176 valence electrons. The van der Waals surface area contributed by atoms with Crippen molar-refractivity contribution in [2.75, 3.05) is 11.9 Å². The maximum atomic E-state index is 13.6. The van der Waals surface area contributed by atoms with Gasteiger partial charge in [-0.1, -0.05) is 35.9 Å². The fourth-order valence-electron chi connectivity index (χ4n) is 4.00. The molecule has 1 amide bonds. The number of ether oxygens (including phenoxy) is 1. The summed E-state index contributed by atoms with van der Waals surface area (Å²) in [6.07, 6.45) is 0. The van der Waals surface area contributed by atoms with Gasteiger partial charge in [-0.2, -0.15) is 0 Å². The number of fused-ring (bicyclic) bond motifs is 3. The number of hydrogen-bond acceptors (Lipinski definition) is 5. The van der Waals surface area contributed by atoms with Crippen molar-refractivity contribution in [1.82, 2.24) is 9.13 Å². The second kappa shape index (κ2) is 9.15. The minimum atomic E-state index is -0.676. The summed E-state index contributed by atoms with van der Waals surface area (Å²) in [5.74, 6) is 0.0490. The van der Waals surface area contributed by atoms with Crippen LogP contribution in [0.1, 0.15) is 6.92 Å². The minimum Gasteiger partial charge on any atom is -0.492 e. The molecule has 9 heteroatoms. The molecule has 0 atom stereocenters. The number of halogens is 1. The number of furan rings is 1. The molecule has 0 aliphatic heterocycles. The molecule has 3 aromatic carbocycles. The molecule has 5 rings (SSSR count). The summed E-state index contributed by atoms with van der Waals surface area (Å²) >= 11 is 5.99. The summed E-state index contributed by atoms with van der Waals surface area (Å²) in [7, 11) is 0. The van der Waals surface area contributed by atoms with Gasteiger partial charge in [0.25, 0.3) is 0 Å². The number of nitrogens with zero attached hydrogens (tertiary/aromatic N) is 2. The second-order valence-electron chi connectivity index (χ2n) is 7.74. The van der Waals surface area contributed by atoms with E-state index in [2.05, 4.69) is 5.32 Å². The third kappa shape index (κ3) is 4.08. The Morgan fingerprint density at radius 2 is 1.71 bits per heavy atom. The van der Waals surface area contributed by atoms with Crippen LogP contribution in [0.2, 0.25) is 5.02 Å². The third-order valence-electron chi connectivity index (χ3n) is 5.51. The lowest BCUT2D eigenvalue weighted by molar-refractivity contribution is -0.116. The number of carbonyl (C=O) groups excluding carboxylic acids is 1. The molecular formula is C26H20ClN3O5. The average molecular weight is 490 g/mol. The lowest BCUT2D eigenvalue weighted by Gasteiger charge is -2.14. The number of rotatable bonds is 6.